The van der Waals surface area contributed by atoms with E-state index in [0.29, 0.717) is 11.1 Å². The molecule has 0 unspecified atom stereocenters. The van der Waals surface area contributed by atoms with E-state index in [1.54, 1.807) is 18.2 Å². The lowest BCUT2D eigenvalue weighted by Gasteiger charge is -2.00. The van der Waals surface area contributed by atoms with Gasteiger partial charge in [-0.15, -0.1) is 0 Å². The number of benzene rings is 1. The molecule has 62 valence electrons. The normalized spacial score (nSPS) is 20.5. The molecule has 0 spiro atoms. The third-order valence-electron chi connectivity index (χ3n) is 1.72. The second kappa shape index (κ2) is 2.57. The summed E-state index contributed by atoms with van der Waals surface area (Å²) in [5.74, 6) is -0.468. The monoisotopic (exact) mass is 228 g/mol. The van der Waals surface area contributed by atoms with Gasteiger partial charge in [0.25, 0.3) is 0 Å². The van der Waals surface area contributed by atoms with E-state index >= 15 is 0 Å². The van der Waals surface area contributed by atoms with Crippen molar-refractivity contribution in [3.05, 3.63) is 33.8 Å². The molecular formula is C8H5BrO3. The Kier molecular flexibility index (Phi) is 1.66. The quantitative estimate of drug-likeness (QED) is 0.687. The van der Waals surface area contributed by atoms with Crippen molar-refractivity contribution in [2.24, 2.45) is 0 Å². The van der Waals surface area contributed by atoms with Crippen LogP contribution in [0.3, 0.4) is 0 Å². The molecule has 1 N–H and O–H groups in total. The molecule has 12 heavy (non-hydrogen) atoms. The second-order valence-corrected chi connectivity index (χ2v) is 3.40. The van der Waals surface area contributed by atoms with E-state index in [1.165, 1.54) is 0 Å². The maximum atomic E-state index is 11.0. The maximum Gasteiger partial charge on any atom is 0.341 e. The van der Waals surface area contributed by atoms with Crippen LogP contribution in [0.15, 0.2) is 22.7 Å². The number of halogens is 1. The van der Waals surface area contributed by atoms with Crippen molar-refractivity contribution in [1.29, 1.82) is 0 Å². The highest BCUT2D eigenvalue weighted by atomic mass is 79.9. The number of hydrogen-bond acceptors (Lipinski definition) is 3. The highest BCUT2D eigenvalue weighted by molar-refractivity contribution is 9.10. The smallest absolute Gasteiger partial charge is 0.341 e. The van der Waals surface area contributed by atoms with E-state index in [1.807, 2.05) is 0 Å². The lowest BCUT2D eigenvalue weighted by atomic mass is 10.1. The number of rotatable bonds is 0. The van der Waals surface area contributed by atoms with Crippen LogP contribution in [-0.4, -0.2) is 11.1 Å². The van der Waals surface area contributed by atoms with Crippen molar-refractivity contribution >= 4 is 21.9 Å². The van der Waals surface area contributed by atoms with E-state index in [9.17, 15) is 9.90 Å². The Morgan fingerprint density at radius 2 is 2.25 bits per heavy atom. The van der Waals surface area contributed by atoms with Gasteiger partial charge in [0.05, 0.1) is 5.56 Å². The molecule has 0 fully saturated rings. The average molecular weight is 229 g/mol. The number of ether oxygens (including phenoxy) is 1. The van der Waals surface area contributed by atoms with Gasteiger partial charge in [0, 0.05) is 10.0 Å². The van der Waals surface area contributed by atoms with Crippen LogP contribution in [0.4, 0.5) is 0 Å². The van der Waals surface area contributed by atoms with Gasteiger partial charge in [-0.3, -0.25) is 0 Å². The molecule has 1 aliphatic heterocycles. The molecule has 0 aromatic heterocycles. The largest absolute Gasteiger partial charge is 0.428 e. The van der Waals surface area contributed by atoms with Gasteiger partial charge in [-0.05, 0) is 18.2 Å². The van der Waals surface area contributed by atoms with Gasteiger partial charge in [0.15, 0.2) is 0 Å². The van der Waals surface area contributed by atoms with Gasteiger partial charge in [-0.1, -0.05) is 15.9 Å². The zero-order chi connectivity index (χ0) is 8.72. The molecule has 3 nitrogen and oxygen atoms in total. The van der Waals surface area contributed by atoms with Crippen molar-refractivity contribution in [3.63, 3.8) is 0 Å². The van der Waals surface area contributed by atoms with Crippen molar-refractivity contribution in [1.82, 2.24) is 0 Å². The molecule has 0 saturated carbocycles. The predicted molar refractivity (Wildman–Crippen MR) is 44.5 cm³/mol. The summed E-state index contributed by atoms with van der Waals surface area (Å²) in [4.78, 5) is 11.0. The second-order valence-electron chi connectivity index (χ2n) is 2.49. The van der Waals surface area contributed by atoms with E-state index in [2.05, 4.69) is 20.7 Å². The fourth-order valence-corrected chi connectivity index (χ4v) is 1.53. The standard InChI is InChI=1S/C8H5BrO3/c9-4-1-2-5-6(3-4)8(11)12-7(5)10/h1-3,8,11H/t8-/m1/s1. The van der Waals surface area contributed by atoms with Crippen LogP contribution in [0.1, 0.15) is 22.2 Å². The third kappa shape index (κ3) is 1.04. The average Bonchev–Trinajstić information content (AvgIpc) is 2.28. The summed E-state index contributed by atoms with van der Waals surface area (Å²) in [5.41, 5.74) is 0.958. The summed E-state index contributed by atoms with van der Waals surface area (Å²) in [5, 5.41) is 9.21. The minimum atomic E-state index is -1.11. The first-order valence-corrected chi connectivity index (χ1v) is 4.16. The summed E-state index contributed by atoms with van der Waals surface area (Å²) < 4.78 is 5.40. The minimum Gasteiger partial charge on any atom is -0.428 e. The van der Waals surface area contributed by atoms with Crippen LogP contribution in [0.5, 0.6) is 0 Å². The topological polar surface area (TPSA) is 46.5 Å². The van der Waals surface area contributed by atoms with Crippen LogP contribution >= 0.6 is 15.9 Å². The van der Waals surface area contributed by atoms with E-state index in [0.717, 1.165) is 4.47 Å². The number of cyclic esters (lactones) is 1. The summed E-state index contributed by atoms with van der Waals surface area (Å²) in [6.07, 6.45) is -1.11. The highest BCUT2D eigenvalue weighted by Crippen LogP contribution is 2.30. The van der Waals surface area contributed by atoms with Gasteiger partial charge in [0.2, 0.25) is 6.29 Å². The molecule has 0 aliphatic carbocycles. The predicted octanol–water partition coefficient (Wildman–Crippen LogP) is 1.61. The summed E-state index contributed by atoms with van der Waals surface area (Å²) >= 11 is 3.23. The van der Waals surface area contributed by atoms with Gasteiger partial charge in [-0.2, -0.15) is 0 Å². The molecule has 0 amide bonds. The SMILES string of the molecule is O=C1O[C@@H](O)c2cc(Br)ccc21. The van der Waals surface area contributed by atoms with Gasteiger partial charge >= 0.3 is 5.97 Å². The Morgan fingerprint density at radius 1 is 1.50 bits per heavy atom. The van der Waals surface area contributed by atoms with Crippen molar-refractivity contribution in [2.45, 2.75) is 6.29 Å². The number of carbonyl (C=O) groups excluding carboxylic acids is 1. The van der Waals surface area contributed by atoms with Crippen LogP contribution in [0.25, 0.3) is 0 Å². The first-order chi connectivity index (χ1) is 5.68. The Bertz CT molecular complexity index is 348. The van der Waals surface area contributed by atoms with Crippen LogP contribution in [0.2, 0.25) is 0 Å². The maximum absolute atomic E-state index is 11.0. The lowest BCUT2D eigenvalue weighted by molar-refractivity contribution is -0.0547. The van der Waals surface area contributed by atoms with Gasteiger partial charge in [0.1, 0.15) is 0 Å². The molecule has 1 aliphatic rings. The number of fused-ring (bicyclic) bond motifs is 1. The molecule has 0 saturated heterocycles. The molecule has 2 rings (SSSR count). The van der Waals surface area contributed by atoms with Crippen molar-refractivity contribution in [3.8, 4) is 0 Å². The first kappa shape index (κ1) is 7.76. The van der Waals surface area contributed by atoms with E-state index in [-0.39, 0.29) is 0 Å². The molecule has 1 aromatic carbocycles. The summed E-state index contributed by atoms with van der Waals surface area (Å²) in [6.45, 7) is 0. The molecule has 1 atom stereocenters. The Morgan fingerprint density at radius 3 is 3.00 bits per heavy atom. The summed E-state index contributed by atoms with van der Waals surface area (Å²) in [7, 11) is 0. The Hall–Kier alpha value is -0.870. The van der Waals surface area contributed by atoms with Crippen LogP contribution in [-0.2, 0) is 4.74 Å². The molecule has 0 bridgehead atoms. The first-order valence-electron chi connectivity index (χ1n) is 3.37. The van der Waals surface area contributed by atoms with Crippen molar-refractivity contribution < 1.29 is 14.6 Å². The zero-order valence-corrected chi connectivity index (χ0v) is 7.54. The Labute approximate surface area is 77.1 Å². The number of aliphatic hydroxyl groups excluding tert-OH is 1. The molecule has 1 aromatic rings. The molecule has 1 heterocycles. The Balaban J connectivity index is 2.60. The van der Waals surface area contributed by atoms with Gasteiger partial charge in [-0.25, -0.2) is 4.79 Å². The molecule has 4 heteroatoms. The van der Waals surface area contributed by atoms with Gasteiger partial charge < -0.3 is 9.84 Å². The molecular weight excluding hydrogens is 224 g/mol. The summed E-state index contributed by atoms with van der Waals surface area (Å²) in [6, 6.07) is 5.03. The fraction of sp³-hybridized carbons (Fsp3) is 0.125. The fourth-order valence-electron chi connectivity index (χ4n) is 1.15. The highest BCUT2D eigenvalue weighted by Gasteiger charge is 2.28. The number of hydrogen-bond donors (Lipinski definition) is 1. The van der Waals surface area contributed by atoms with Crippen LogP contribution < -0.4 is 0 Å². The lowest BCUT2D eigenvalue weighted by Crippen LogP contribution is -1.95. The van der Waals surface area contributed by atoms with Crippen LogP contribution in [0, 0.1) is 0 Å². The van der Waals surface area contributed by atoms with E-state index < -0.39 is 12.3 Å². The zero-order valence-electron chi connectivity index (χ0n) is 5.95. The molecule has 0 radical (unpaired) electrons. The minimum absolute atomic E-state index is 0.436. The number of carbonyl (C=O) groups is 1. The third-order valence-corrected chi connectivity index (χ3v) is 2.21. The number of esters is 1. The number of aliphatic hydroxyl groups is 1. The van der Waals surface area contributed by atoms with Crippen molar-refractivity contribution in [2.75, 3.05) is 0 Å². The van der Waals surface area contributed by atoms with E-state index in [4.69, 9.17) is 0 Å².